The van der Waals surface area contributed by atoms with Crippen LogP contribution in [0.15, 0.2) is 24.3 Å². The second-order valence-corrected chi connectivity index (χ2v) is 7.44. The van der Waals surface area contributed by atoms with Gasteiger partial charge in [0.25, 0.3) is 0 Å². The van der Waals surface area contributed by atoms with Crippen LogP contribution in [-0.2, 0) is 0 Å². The largest absolute Gasteiger partial charge is 0.312 e. The minimum Gasteiger partial charge on any atom is -0.312 e. The van der Waals surface area contributed by atoms with E-state index < -0.39 is 0 Å². The van der Waals surface area contributed by atoms with E-state index in [0.29, 0.717) is 12.1 Å². The fraction of sp³-hybridized carbons (Fsp3) is 0.667. The SMILES string of the molecule is CC(CCCNC(C)(C)C)N(C)C(C)c1ccccc1Cl. The van der Waals surface area contributed by atoms with Gasteiger partial charge in [-0.05, 0) is 72.7 Å². The van der Waals surface area contributed by atoms with Gasteiger partial charge in [0.15, 0.2) is 0 Å². The predicted octanol–water partition coefficient (Wildman–Crippen LogP) is 4.89. The van der Waals surface area contributed by atoms with Crippen molar-refractivity contribution >= 4 is 11.6 Å². The van der Waals surface area contributed by atoms with Gasteiger partial charge in [-0.15, -0.1) is 0 Å². The summed E-state index contributed by atoms with van der Waals surface area (Å²) in [6.45, 7) is 12.2. The van der Waals surface area contributed by atoms with Gasteiger partial charge in [-0.2, -0.15) is 0 Å². The molecule has 0 saturated heterocycles. The first-order valence-electron chi connectivity index (χ1n) is 7.94. The fourth-order valence-electron chi connectivity index (χ4n) is 2.48. The molecule has 1 aromatic carbocycles. The molecule has 0 heterocycles. The number of hydrogen-bond acceptors (Lipinski definition) is 2. The van der Waals surface area contributed by atoms with E-state index in [1.54, 1.807) is 0 Å². The van der Waals surface area contributed by atoms with Gasteiger partial charge in [0, 0.05) is 22.6 Å². The molecule has 0 aliphatic carbocycles. The Labute approximate surface area is 135 Å². The fourth-order valence-corrected chi connectivity index (χ4v) is 2.77. The molecule has 2 atom stereocenters. The number of nitrogens with one attached hydrogen (secondary N) is 1. The smallest absolute Gasteiger partial charge is 0.0453 e. The maximum absolute atomic E-state index is 6.31. The summed E-state index contributed by atoms with van der Waals surface area (Å²) in [7, 11) is 2.19. The minimum absolute atomic E-state index is 0.208. The van der Waals surface area contributed by atoms with Crippen LogP contribution in [-0.4, -0.2) is 30.1 Å². The van der Waals surface area contributed by atoms with Gasteiger partial charge in [-0.1, -0.05) is 29.8 Å². The molecule has 1 aromatic rings. The van der Waals surface area contributed by atoms with Crippen molar-refractivity contribution in [1.82, 2.24) is 10.2 Å². The van der Waals surface area contributed by atoms with Crippen molar-refractivity contribution in [2.75, 3.05) is 13.6 Å². The third kappa shape index (κ3) is 6.37. The van der Waals surface area contributed by atoms with Crippen molar-refractivity contribution < 1.29 is 0 Å². The van der Waals surface area contributed by atoms with E-state index in [4.69, 9.17) is 11.6 Å². The van der Waals surface area contributed by atoms with Gasteiger partial charge >= 0.3 is 0 Å². The van der Waals surface area contributed by atoms with Gasteiger partial charge < -0.3 is 5.32 Å². The molecule has 120 valence electrons. The number of nitrogens with zero attached hydrogens (tertiary/aromatic N) is 1. The first-order valence-corrected chi connectivity index (χ1v) is 8.31. The maximum atomic E-state index is 6.31. The zero-order chi connectivity index (χ0) is 16.0. The molecule has 1 N–H and O–H groups in total. The Hall–Kier alpha value is -0.570. The quantitative estimate of drug-likeness (QED) is 0.721. The first kappa shape index (κ1) is 18.5. The summed E-state index contributed by atoms with van der Waals surface area (Å²) < 4.78 is 0. The molecule has 2 nitrogen and oxygen atoms in total. The lowest BCUT2D eigenvalue weighted by atomic mass is 10.0. The molecule has 0 spiro atoms. The van der Waals surface area contributed by atoms with Crippen LogP contribution in [0, 0.1) is 0 Å². The van der Waals surface area contributed by atoms with Crippen LogP contribution in [0.3, 0.4) is 0 Å². The molecule has 2 unspecified atom stereocenters. The summed E-state index contributed by atoms with van der Waals surface area (Å²) in [5.74, 6) is 0. The van der Waals surface area contributed by atoms with E-state index in [9.17, 15) is 0 Å². The molecule has 0 saturated carbocycles. The Balaban J connectivity index is 2.47. The normalized spacial score (nSPS) is 15.2. The highest BCUT2D eigenvalue weighted by Crippen LogP contribution is 2.28. The van der Waals surface area contributed by atoms with Gasteiger partial charge in [-0.25, -0.2) is 0 Å². The van der Waals surface area contributed by atoms with Crippen LogP contribution in [0.1, 0.15) is 59.1 Å². The summed E-state index contributed by atoms with van der Waals surface area (Å²) in [5.41, 5.74) is 1.42. The van der Waals surface area contributed by atoms with Crippen LogP contribution in [0.25, 0.3) is 0 Å². The highest BCUT2D eigenvalue weighted by atomic mass is 35.5. The Morgan fingerprint density at radius 1 is 1.19 bits per heavy atom. The number of hydrogen-bond donors (Lipinski definition) is 1. The number of halogens is 1. The lowest BCUT2D eigenvalue weighted by Crippen LogP contribution is -2.37. The molecule has 0 aromatic heterocycles. The molecule has 0 fully saturated rings. The van der Waals surface area contributed by atoms with Crippen molar-refractivity contribution in [3.8, 4) is 0 Å². The Morgan fingerprint density at radius 3 is 2.38 bits per heavy atom. The van der Waals surface area contributed by atoms with Crippen LogP contribution >= 0.6 is 11.6 Å². The van der Waals surface area contributed by atoms with E-state index in [-0.39, 0.29) is 5.54 Å². The molecule has 0 aliphatic heterocycles. The summed E-state index contributed by atoms with van der Waals surface area (Å²) in [6.07, 6.45) is 2.38. The van der Waals surface area contributed by atoms with Crippen LogP contribution in [0.4, 0.5) is 0 Å². The Morgan fingerprint density at radius 2 is 1.81 bits per heavy atom. The maximum Gasteiger partial charge on any atom is 0.0453 e. The second-order valence-electron chi connectivity index (χ2n) is 7.03. The highest BCUT2D eigenvalue weighted by molar-refractivity contribution is 6.31. The predicted molar refractivity (Wildman–Crippen MR) is 94.1 cm³/mol. The Bertz CT molecular complexity index is 425. The van der Waals surface area contributed by atoms with E-state index in [0.717, 1.165) is 11.6 Å². The molecule has 21 heavy (non-hydrogen) atoms. The summed E-state index contributed by atoms with van der Waals surface area (Å²) in [6, 6.07) is 9.02. The number of rotatable bonds is 7. The van der Waals surface area contributed by atoms with Gasteiger partial charge in [-0.3, -0.25) is 4.90 Å². The van der Waals surface area contributed by atoms with Crippen molar-refractivity contribution in [3.63, 3.8) is 0 Å². The molecule has 0 aliphatic rings. The van der Waals surface area contributed by atoms with E-state index in [1.165, 1.54) is 18.4 Å². The average molecular weight is 311 g/mol. The van der Waals surface area contributed by atoms with E-state index in [2.05, 4.69) is 64.0 Å². The van der Waals surface area contributed by atoms with Crippen LogP contribution in [0.2, 0.25) is 5.02 Å². The summed E-state index contributed by atoms with van der Waals surface area (Å²) >= 11 is 6.31. The number of benzene rings is 1. The minimum atomic E-state index is 0.208. The second kappa shape index (κ2) is 8.17. The lowest BCUT2D eigenvalue weighted by molar-refractivity contribution is 0.185. The third-order valence-electron chi connectivity index (χ3n) is 4.12. The van der Waals surface area contributed by atoms with Gasteiger partial charge in [0.05, 0.1) is 0 Å². The summed E-state index contributed by atoms with van der Waals surface area (Å²) in [4.78, 5) is 2.41. The van der Waals surface area contributed by atoms with Gasteiger partial charge in [0.2, 0.25) is 0 Å². The third-order valence-corrected chi connectivity index (χ3v) is 4.46. The molecular formula is C18H31ClN2. The average Bonchev–Trinajstić information content (AvgIpc) is 2.41. The zero-order valence-electron chi connectivity index (χ0n) is 14.4. The molecule has 1 rings (SSSR count). The zero-order valence-corrected chi connectivity index (χ0v) is 15.2. The van der Waals surface area contributed by atoms with Crippen molar-refractivity contribution in [3.05, 3.63) is 34.9 Å². The van der Waals surface area contributed by atoms with Crippen LogP contribution in [0.5, 0.6) is 0 Å². The molecule has 0 amide bonds. The molecule has 0 radical (unpaired) electrons. The van der Waals surface area contributed by atoms with Crippen molar-refractivity contribution in [2.45, 2.75) is 65.1 Å². The molecule has 0 bridgehead atoms. The lowest BCUT2D eigenvalue weighted by Gasteiger charge is -2.32. The van der Waals surface area contributed by atoms with Gasteiger partial charge in [0.1, 0.15) is 0 Å². The molecular weight excluding hydrogens is 280 g/mol. The topological polar surface area (TPSA) is 15.3 Å². The van der Waals surface area contributed by atoms with E-state index >= 15 is 0 Å². The highest BCUT2D eigenvalue weighted by Gasteiger charge is 2.19. The first-order chi connectivity index (χ1) is 9.72. The van der Waals surface area contributed by atoms with Crippen molar-refractivity contribution in [1.29, 1.82) is 0 Å². The molecule has 3 heteroatoms. The monoisotopic (exact) mass is 310 g/mol. The van der Waals surface area contributed by atoms with Crippen LogP contribution < -0.4 is 5.32 Å². The van der Waals surface area contributed by atoms with Crippen molar-refractivity contribution in [2.24, 2.45) is 0 Å². The Kier molecular flexibility index (Phi) is 7.19. The summed E-state index contributed by atoms with van der Waals surface area (Å²) in [5, 5.41) is 4.41. The standard InChI is InChI=1S/C18H31ClN2/c1-14(10-9-13-20-18(3,4)5)21(6)15(2)16-11-7-8-12-17(16)19/h7-8,11-12,14-15,20H,9-10,13H2,1-6H3. The van der Waals surface area contributed by atoms with E-state index in [1.807, 2.05) is 12.1 Å².